The zero-order valence-electron chi connectivity index (χ0n) is 16.3. The Morgan fingerprint density at radius 3 is 2.04 bits per heavy atom. The van der Waals surface area contributed by atoms with E-state index in [-0.39, 0.29) is 29.0 Å². The van der Waals surface area contributed by atoms with Gasteiger partial charge in [-0.25, -0.2) is 4.39 Å². The Labute approximate surface area is 160 Å². The van der Waals surface area contributed by atoms with Gasteiger partial charge in [-0.2, -0.15) is 0 Å². The van der Waals surface area contributed by atoms with E-state index in [1.54, 1.807) is 12.1 Å². The van der Waals surface area contributed by atoms with Crippen LogP contribution in [-0.2, 0) is 15.0 Å². The summed E-state index contributed by atoms with van der Waals surface area (Å²) in [6.45, 7) is 7.28. The van der Waals surface area contributed by atoms with E-state index >= 15 is 0 Å². The van der Waals surface area contributed by atoms with Crippen molar-refractivity contribution in [3.63, 3.8) is 0 Å². The number of benzene rings is 1. The molecular weight excluding hydrogens is 343 g/mol. The van der Waals surface area contributed by atoms with Crippen molar-refractivity contribution >= 4 is 11.8 Å². The van der Waals surface area contributed by atoms with Crippen LogP contribution in [0.5, 0.6) is 0 Å². The Morgan fingerprint density at radius 2 is 1.52 bits per heavy atom. The number of carbonyl (C=O) groups excluding carboxylic acids is 2. The molecule has 4 nitrogen and oxygen atoms in total. The van der Waals surface area contributed by atoms with Gasteiger partial charge in [0.25, 0.3) is 0 Å². The molecule has 0 bridgehead atoms. The molecule has 1 saturated carbocycles. The van der Waals surface area contributed by atoms with E-state index < -0.39 is 5.41 Å². The fraction of sp³-hybridized carbons (Fsp3) is 0.636. The lowest BCUT2D eigenvalue weighted by Gasteiger charge is -2.36. The van der Waals surface area contributed by atoms with Gasteiger partial charge in [0.05, 0.1) is 5.41 Å². The van der Waals surface area contributed by atoms with Gasteiger partial charge in [0.2, 0.25) is 11.8 Å². The number of hydrogen-bond donors (Lipinski definition) is 0. The first-order valence-electron chi connectivity index (χ1n) is 10.2. The lowest BCUT2D eigenvalue weighted by Crippen LogP contribution is -2.48. The van der Waals surface area contributed by atoms with E-state index in [0.29, 0.717) is 13.1 Å². The van der Waals surface area contributed by atoms with E-state index in [1.807, 2.05) is 9.80 Å². The number of hydrogen-bond acceptors (Lipinski definition) is 2. The number of carbonyl (C=O) groups is 2. The third-order valence-electron chi connectivity index (χ3n) is 6.99. The minimum absolute atomic E-state index is 0.0566. The Kier molecular flexibility index (Phi) is 4.52. The minimum atomic E-state index is -0.549. The van der Waals surface area contributed by atoms with Crippen LogP contribution in [0.2, 0.25) is 0 Å². The van der Waals surface area contributed by atoms with Crippen LogP contribution in [0.1, 0.15) is 51.5 Å². The van der Waals surface area contributed by atoms with E-state index in [4.69, 9.17) is 0 Å². The molecule has 1 aromatic carbocycles. The van der Waals surface area contributed by atoms with E-state index in [0.717, 1.165) is 50.8 Å². The third-order valence-corrected chi connectivity index (χ3v) is 6.99. The summed E-state index contributed by atoms with van der Waals surface area (Å²) in [4.78, 5) is 30.0. The zero-order valence-corrected chi connectivity index (χ0v) is 16.3. The maximum absolute atomic E-state index is 13.5. The first-order valence-corrected chi connectivity index (χ1v) is 10.2. The molecule has 27 heavy (non-hydrogen) atoms. The molecule has 2 saturated heterocycles. The van der Waals surface area contributed by atoms with Crippen LogP contribution >= 0.6 is 0 Å². The molecule has 1 aromatic rings. The summed E-state index contributed by atoms with van der Waals surface area (Å²) in [7, 11) is 0. The molecule has 2 heterocycles. The van der Waals surface area contributed by atoms with E-state index in [9.17, 15) is 14.0 Å². The topological polar surface area (TPSA) is 40.6 Å². The molecule has 3 aliphatic rings. The summed E-state index contributed by atoms with van der Waals surface area (Å²) < 4.78 is 13.4. The predicted molar refractivity (Wildman–Crippen MR) is 102 cm³/mol. The quantitative estimate of drug-likeness (QED) is 0.816. The van der Waals surface area contributed by atoms with Crippen LogP contribution in [0.15, 0.2) is 24.3 Å². The lowest BCUT2D eigenvalue weighted by molar-refractivity contribution is -0.141. The Morgan fingerprint density at radius 1 is 0.963 bits per heavy atom. The van der Waals surface area contributed by atoms with Gasteiger partial charge in [0.15, 0.2) is 0 Å². The van der Waals surface area contributed by atoms with Crippen molar-refractivity contribution in [2.45, 2.75) is 51.4 Å². The Balaban J connectivity index is 1.45. The Bertz CT molecular complexity index is 731. The van der Waals surface area contributed by atoms with Crippen LogP contribution in [0.4, 0.5) is 4.39 Å². The van der Waals surface area contributed by atoms with Crippen LogP contribution in [0.25, 0.3) is 0 Å². The van der Waals surface area contributed by atoms with Crippen LogP contribution in [0.3, 0.4) is 0 Å². The highest BCUT2D eigenvalue weighted by atomic mass is 19.1. The average Bonchev–Trinajstić information content (AvgIpc) is 3.02. The summed E-state index contributed by atoms with van der Waals surface area (Å²) in [5, 5.41) is 0. The Hall–Kier alpha value is -1.91. The second-order valence-corrected chi connectivity index (χ2v) is 9.07. The SMILES string of the molecule is CC1(C)C[C@@]1(C(=O)N1CCC(C(=O)N2CCCC2)CC1)c1ccc(F)cc1. The van der Waals surface area contributed by atoms with Gasteiger partial charge in [-0.3, -0.25) is 9.59 Å². The smallest absolute Gasteiger partial charge is 0.233 e. The van der Waals surface area contributed by atoms with Crippen molar-refractivity contribution in [2.75, 3.05) is 26.2 Å². The molecule has 2 amide bonds. The maximum atomic E-state index is 13.5. The van der Waals surface area contributed by atoms with Crippen LogP contribution in [0, 0.1) is 17.2 Å². The molecular formula is C22H29FN2O2. The second-order valence-electron chi connectivity index (χ2n) is 9.07. The summed E-state index contributed by atoms with van der Waals surface area (Å²) in [5.74, 6) is 0.202. The first kappa shape index (κ1) is 18.5. The molecule has 1 aliphatic carbocycles. The van der Waals surface area contributed by atoms with Crippen molar-refractivity contribution in [3.8, 4) is 0 Å². The lowest BCUT2D eigenvalue weighted by atomic mass is 9.85. The molecule has 0 unspecified atom stereocenters. The molecule has 146 valence electrons. The first-order chi connectivity index (χ1) is 12.8. The van der Waals surface area contributed by atoms with Gasteiger partial charge in [0.1, 0.15) is 5.82 Å². The number of amides is 2. The van der Waals surface area contributed by atoms with Crippen molar-refractivity contribution in [3.05, 3.63) is 35.6 Å². The van der Waals surface area contributed by atoms with Gasteiger partial charge >= 0.3 is 0 Å². The summed E-state index contributed by atoms with van der Waals surface area (Å²) in [6.07, 6.45) is 4.51. The van der Waals surface area contributed by atoms with Gasteiger partial charge in [0, 0.05) is 32.1 Å². The number of nitrogens with zero attached hydrogens (tertiary/aromatic N) is 2. The predicted octanol–water partition coefficient (Wildman–Crippen LogP) is 3.35. The molecule has 5 heteroatoms. The van der Waals surface area contributed by atoms with Gasteiger partial charge in [-0.05, 0) is 55.2 Å². The van der Waals surface area contributed by atoms with Crippen molar-refractivity contribution < 1.29 is 14.0 Å². The highest BCUT2D eigenvalue weighted by Crippen LogP contribution is 2.65. The summed E-state index contributed by atoms with van der Waals surface area (Å²) >= 11 is 0. The van der Waals surface area contributed by atoms with Crippen LogP contribution in [-0.4, -0.2) is 47.8 Å². The van der Waals surface area contributed by atoms with Gasteiger partial charge in [-0.15, -0.1) is 0 Å². The fourth-order valence-corrected chi connectivity index (χ4v) is 5.13. The second kappa shape index (κ2) is 6.61. The molecule has 0 N–H and O–H groups in total. The molecule has 3 fully saturated rings. The van der Waals surface area contributed by atoms with Gasteiger partial charge in [-0.1, -0.05) is 26.0 Å². The monoisotopic (exact) mass is 372 g/mol. The highest BCUT2D eigenvalue weighted by Gasteiger charge is 2.68. The molecule has 0 spiro atoms. The van der Waals surface area contributed by atoms with Crippen LogP contribution < -0.4 is 0 Å². The summed E-state index contributed by atoms with van der Waals surface area (Å²) in [6, 6.07) is 6.40. The normalized spacial score (nSPS) is 27.7. The number of rotatable bonds is 3. The highest BCUT2D eigenvalue weighted by molar-refractivity contribution is 5.93. The van der Waals surface area contributed by atoms with E-state index in [2.05, 4.69) is 13.8 Å². The standard InChI is InChI=1S/C22H29FN2O2/c1-21(2)15-22(21,17-5-7-18(23)8-6-17)20(27)25-13-9-16(10-14-25)19(26)24-11-3-4-12-24/h5-8,16H,3-4,9-15H2,1-2H3/t22-/m0/s1. The maximum Gasteiger partial charge on any atom is 0.233 e. The average molecular weight is 372 g/mol. The molecule has 1 atom stereocenters. The molecule has 0 aromatic heterocycles. The number of halogens is 1. The minimum Gasteiger partial charge on any atom is -0.342 e. The third kappa shape index (κ3) is 3.05. The molecule has 2 aliphatic heterocycles. The van der Waals surface area contributed by atoms with Crippen molar-refractivity contribution in [2.24, 2.45) is 11.3 Å². The number of likely N-dealkylation sites (tertiary alicyclic amines) is 2. The van der Waals surface area contributed by atoms with Gasteiger partial charge < -0.3 is 9.80 Å². The molecule has 4 rings (SSSR count). The van der Waals surface area contributed by atoms with Crippen molar-refractivity contribution in [1.29, 1.82) is 0 Å². The van der Waals surface area contributed by atoms with E-state index in [1.165, 1.54) is 12.1 Å². The largest absolute Gasteiger partial charge is 0.342 e. The molecule has 0 radical (unpaired) electrons. The summed E-state index contributed by atoms with van der Waals surface area (Å²) in [5.41, 5.74) is 0.241. The fourth-order valence-electron chi connectivity index (χ4n) is 5.13. The number of piperidine rings is 1. The van der Waals surface area contributed by atoms with Crippen molar-refractivity contribution in [1.82, 2.24) is 9.80 Å². The zero-order chi connectivity index (χ0) is 19.2.